The van der Waals surface area contributed by atoms with Crippen LogP contribution < -0.4 is 5.73 Å². The van der Waals surface area contributed by atoms with E-state index in [-0.39, 0.29) is 4.86 Å². The van der Waals surface area contributed by atoms with Crippen molar-refractivity contribution in [3.63, 3.8) is 0 Å². The molecule has 0 radical (unpaired) electrons. The van der Waals surface area contributed by atoms with E-state index in [4.69, 9.17) is 22.9 Å². The van der Waals surface area contributed by atoms with E-state index < -0.39 is 16.2 Å². The normalized spacial score (nSPS) is 15.8. The van der Waals surface area contributed by atoms with Crippen LogP contribution in [0.1, 0.15) is 0 Å². The predicted octanol–water partition coefficient (Wildman–Crippen LogP) is 0.343. The lowest BCUT2D eigenvalue weighted by Crippen LogP contribution is -2.38. The third kappa shape index (κ3) is 2.98. The zero-order valence-electron chi connectivity index (χ0n) is 4.80. The zero-order valence-corrected chi connectivity index (χ0v) is 7.15. The van der Waals surface area contributed by atoms with Crippen molar-refractivity contribution in [1.29, 1.82) is 5.53 Å². The lowest BCUT2D eigenvalue weighted by molar-refractivity contribution is -0.550. The molecular formula is C3H5BrClN3O2. The van der Waals surface area contributed by atoms with Crippen LogP contribution in [0.2, 0.25) is 0 Å². The number of nitrogens with two attached hydrogens (primary N) is 1. The maximum absolute atomic E-state index is 10.4. The summed E-state index contributed by atoms with van der Waals surface area (Å²) in [6, 6.07) is 0. The van der Waals surface area contributed by atoms with Gasteiger partial charge in [0.2, 0.25) is 10.3 Å². The van der Waals surface area contributed by atoms with Crippen LogP contribution in [-0.4, -0.2) is 21.1 Å². The zero-order chi connectivity index (χ0) is 8.36. The molecule has 0 aliphatic heterocycles. The van der Waals surface area contributed by atoms with Gasteiger partial charge in [0.1, 0.15) is 0 Å². The van der Waals surface area contributed by atoms with Gasteiger partial charge >= 0.3 is 0 Å². The van der Waals surface area contributed by atoms with Crippen molar-refractivity contribution in [2.24, 2.45) is 5.73 Å². The molecule has 0 aromatic carbocycles. The minimum absolute atomic E-state index is 0.230. The summed E-state index contributed by atoms with van der Waals surface area (Å²) in [6.07, 6.45) is 0. The van der Waals surface area contributed by atoms with Crippen LogP contribution in [0.25, 0.3) is 0 Å². The van der Waals surface area contributed by atoms with Crippen molar-refractivity contribution in [1.82, 2.24) is 0 Å². The molecule has 0 fully saturated rings. The molecule has 0 saturated heterocycles. The number of amides is 1. The van der Waals surface area contributed by atoms with Crippen molar-refractivity contribution in [2.75, 3.05) is 6.54 Å². The van der Waals surface area contributed by atoms with Gasteiger partial charge in [0.15, 0.2) is 0 Å². The van der Waals surface area contributed by atoms with Crippen LogP contribution in [-0.2, 0) is 4.79 Å². The number of halogens is 2. The minimum atomic E-state index is -1.63. The highest BCUT2D eigenvalue weighted by atomic mass is 79.9. The number of carbonyl (C=O) groups excluding carboxylic acids is 1. The van der Waals surface area contributed by atoms with E-state index in [1.54, 1.807) is 0 Å². The number of carbonyl (C=O) groups is 1. The number of hydrogen-bond donors (Lipinski definition) is 2. The fraction of sp³-hybridized carbons (Fsp3) is 0.667. The number of hydrogen-bond acceptors (Lipinski definition) is 3. The highest BCUT2D eigenvalue weighted by Crippen LogP contribution is 2.22. The van der Waals surface area contributed by atoms with E-state index in [1.165, 1.54) is 0 Å². The van der Waals surface area contributed by atoms with Crippen LogP contribution in [0.15, 0.2) is 0 Å². The predicted molar refractivity (Wildman–Crippen MR) is 37.9 cm³/mol. The maximum atomic E-state index is 10.4. The second-order valence-electron chi connectivity index (χ2n) is 1.61. The smallest absolute Gasteiger partial charge is 0.256 e. The number of rotatable bonds is 3. The molecule has 10 heavy (non-hydrogen) atoms. The number of nitrogens with one attached hydrogen (secondary N) is 1. The summed E-state index contributed by atoms with van der Waals surface area (Å²) in [4.78, 5) is 10.1. The van der Waals surface area contributed by atoms with Crippen molar-refractivity contribution < 1.29 is 9.66 Å². The Bertz CT molecular complexity index is 171. The van der Waals surface area contributed by atoms with Gasteiger partial charge in [-0.05, 0) is 21.5 Å². The molecule has 0 aromatic heterocycles. The minimum Gasteiger partial charge on any atom is -0.600 e. The SMILES string of the molecule is N=[N+]([O-])CC(Cl)(Br)C(N)=O. The molecular weight excluding hydrogens is 225 g/mol. The van der Waals surface area contributed by atoms with Crippen molar-refractivity contribution in [3.8, 4) is 0 Å². The quantitative estimate of drug-likeness (QED) is 0.317. The van der Waals surface area contributed by atoms with Gasteiger partial charge in [-0.25, -0.2) is 0 Å². The Morgan fingerprint density at radius 3 is 2.50 bits per heavy atom. The number of primary amides is 1. The van der Waals surface area contributed by atoms with E-state index >= 15 is 0 Å². The first kappa shape index (κ1) is 9.64. The number of hydroxylamine groups is 1. The standard InChI is InChI=1S/C3H5BrClN3O2/c4-3(5,2(6)9)1-8(7)10/h7H,1H2,(H2,6,9). The molecule has 0 spiro atoms. The molecule has 1 unspecified atom stereocenters. The Balaban J connectivity index is 4.13. The first-order valence-corrected chi connectivity index (χ1v) is 3.37. The summed E-state index contributed by atoms with van der Waals surface area (Å²) < 4.78 is -1.63. The fourth-order valence-corrected chi connectivity index (χ4v) is 0.595. The summed E-state index contributed by atoms with van der Waals surface area (Å²) in [7, 11) is 0. The van der Waals surface area contributed by atoms with Gasteiger partial charge in [-0.2, -0.15) is 0 Å². The maximum Gasteiger partial charge on any atom is 0.256 e. The van der Waals surface area contributed by atoms with Gasteiger partial charge in [-0.15, -0.1) is 0 Å². The lowest BCUT2D eigenvalue weighted by Gasteiger charge is -2.11. The van der Waals surface area contributed by atoms with Gasteiger partial charge in [-0.3, -0.25) is 4.79 Å². The fourth-order valence-electron chi connectivity index (χ4n) is 0.258. The molecule has 0 saturated carbocycles. The highest BCUT2D eigenvalue weighted by molar-refractivity contribution is 9.10. The van der Waals surface area contributed by atoms with E-state index in [1.807, 2.05) is 0 Å². The Morgan fingerprint density at radius 1 is 2.00 bits per heavy atom. The van der Waals surface area contributed by atoms with Gasteiger partial charge < -0.3 is 10.9 Å². The first-order chi connectivity index (χ1) is 4.36. The molecule has 0 aromatic rings. The second-order valence-corrected chi connectivity index (χ2v) is 4.06. The van der Waals surface area contributed by atoms with E-state index in [0.717, 1.165) is 0 Å². The summed E-state index contributed by atoms with van der Waals surface area (Å²) >= 11 is 8.02. The molecule has 7 heteroatoms. The van der Waals surface area contributed by atoms with Gasteiger partial charge in [0.25, 0.3) is 5.91 Å². The molecule has 0 aliphatic carbocycles. The average molecular weight is 230 g/mol. The molecule has 58 valence electrons. The molecule has 1 amide bonds. The summed E-state index contributed by atoms with van der Waals surface area (Å²) in [6.45, 7) is -0.510. The summed E-state index contributed by atoms with van der Waals surface area (Å²) in [5.74, 6) is -0.887. The molecule has 0 bridgehead atoms. The van der Waals surface area contributed by atoms with Crippen LogP contribution in [0.5, 0.6) is 0 Å². The lowest BCUT2D eigenvalue weighted by atomic mass is 10.4. The summed E-state index contributed by atoms with van der Waals surface area (Å²) in [5.41, 5.74) is 11.1. The Labute approximate surface area is 70.3 Å². The van der Waals surface area contributed by atoms with Crippen LogP contribution in [0.4, 0.5) is 0 Å². The second kappa shape index (κ2) is 3.16. The molecule has 1 atom stereocenters. The van der Waals surface area contributed by atoms with Gasteiger partial charge in [-0.1, -0.05) is 16.5 Å². The third-order valence-corrected chi connectivity index (χ3v) is 1.65. The van der Waals surface area contributed by atoms with Crippen LogP contribution >= 0.6 is 27.5 Å². The topological polar surface area (TPSA) is 93.0 Å². The van der Waals surface area contributed by atoms with Crippen molar-refractivity contribution >= 4 is 33.4 Å². The number of nitrogens with zero attached hydrogens (tertiary/aromatic N) is 1. The highest BCUT2D eigenvalue weighted by Gasteiger charge is 2.35. The Hall–Kier alpha value is -0.360. The molecule has 5 nitrogen and oxygen atoms in total. The van der Waals surface area contributed by atoms with Crippen LogP contribution in [0.3, 0.4) is 0 Å². The van der Waals surface area contributed by atoms with Gasteiger partial charge in [0, 0.05) is 0 Å². The van der Waals surface area contributed by atoms with Crippen molar-refractivity contribution in [3.05, 3.63) is 5.21 Å². The largest absolute Gasteiger partial charge is 0.600 e. The first-order valence-electron chi connectivity index (χ1n) is 2.20. The van der Waals surface area contributed by atoms with E-state index in [0.29, 0.717) is 0 Å². The van der Waals surface area contributed by atoms with E-state index in [9.17, 15) is 10.0 Å². The van der Waals surface area contributed by atoms with E-state index in [2.05, 4.69) is 15.9 Å². The van der Waals surface area contributed by atoms with Crippen LogP contribution in [0, 0.1) is 10.7 Å². The monoisotopic (exact) mass is 229 g/mol. The third-order valence-electron chi connectivity index (χ3n) is 0.703. The summed E-state index contributed by atoms with van der Waals surface area (Å²) in [5, 5.41) is 10.0. The molecule has 0 aliphatic rings. The van der Waals surface area contributed by atoms with Gasteiger partial charge in [0.05, 0.1) is 0 Å². The Morgan fingerprint density at radius 2 is 2.40 bits per heavy atom. The molecule has 3 N–H and O–H groups in total. The van der Waals surface area contributed by atoms with Crippen molar-refractivity contribution in [2.45, 2.75) is 3.78 Å². The molecule has 0 heterocycles. The number of alkyl halides is 2. The molecule has 0 rings (SSSR count). The average Bonchev–Trinajstić information content (AvgIpc) is 1.60. The Kier molecular flexibility index (Phi) is 3.04.